The molecular formula is C16H20Cl2O2S2Si. The van der Waals surface area contributed by atoms with Crippen molar-refractivity contribution >= 4 is 60.5 Å². The average Bonchev–Trinajstić information content (AvgIpc) is 3.01. The highest BCUT2D eigenvalue weighted by atomic mass is 35.5. The zero-order chi connectivity index (χ0) is 17.4. The molecule has 0 fully saturated rings. The van der Waals surface area contributed by atoms with Crippen LogP contribution in [0.5, 0.6) is 0 Å². The Balaban J connectivity index is 2.48. The molecule has 0 aliphatic carbocycles. The van der Waals surface area contributed by atoms with Crippen LogP contribution in [-0.4, -0.2) is 14.6 Å². The molecule has 0 spiro atoms. The van der Waals surface area contributed by atoms with Crippen LogP contribution in [0.15, 0.2) is 18.2 Å². The minimum Gasteiger partial charge on any atom is -0.405 e. The van der Waals surface area contributed by atoms with Gasteiger partial charge < -0.3 is 4.43 Å². The monoisotopic (exact) mass is 406 g/mol. The van der Waals surface area contributed by atoms with E-state index in [1.54, 1.807) is 0 Å². The molecule has 0 N–H and O–H groups in total. The fourth-order valence-electron chi connectivity index (χ4n) is 1.85. The zero-order valence-corrected chi connectivity index (χ0v) is 17.9. The van der Waals surface area contributed by atoms with Gasteiger partial charge in [0.1, 0.15) is 6.10 Å². The molecule has 2 aromatic rings. The predicted octanol–water partition coefficient (Wildman–Crippen LogP) is 7.04. The minimum atomic E-state index is -2.03. The van der Waals surface area contributed by atoms with Crippen LogP contribution < -0.4 is 0 Å². The fraction of sp³-hybridized carbons (Fsp3) is 0.438. The first-order chi connectivity index (χ1) is 10.5. The maximum absolute atomic E-state index is 11.1. The van der Waals surface area contributed by atoms with Crippen molar-refractivity contribution < 1.29 is 9.22 Å². The summed E-state index contributed by atoms with van der Waals surface area (Å²) < 4.78 is 7.93. The Bertz CT molecular complexity index is 701. The van der Waals surface area contributed by atoms with Gasteiger partial charge in [0, 0.05) is 10.4 Å². The maximum Gasteiger partial charge on any atom is 0.193 e. The highest BCUT2D eigenvalue weighted by Crippen LogP contribution is 2.45. The van der Waals surface area contributed by atoms with Crippen LogP contribution >= 0.6 is 45.9 Å². The van der Waals surface area contributed by atoms with E-state index in [1.807, 2.05) is 18.2 Å². The van der Waals surface area contributed by atoms with Gasteiger partial charge in [-0.3, -0.25) is 4.79 Å². The summed E-state index contributed by atoms with van der Waals surface area (Å²) >= 11 is 15.3. The highest BCUT2D eigenvalue weighted by molar-refractivity contribution is 7.18. The van der Waals surface area contributed by atoms with Gasteiger partial charge >= 0.3 is 0 Å². The van der Waals surface area contributed by atoms with Gasteiger partial charge in [-0.1, -0.05) is 44.0 Å². The third-order valence-corrected chi connectivity index (χ3v) is 11.2. The van der Waals surface area contributed by atoms with Crippen LogP contribution in [0, 0.1) is 0 Å². The van der Waals surface area contributed by atoms with E-state index in [2.05, 4.69) is 33.9 Å². The van der Waals surface area contributed by atoms with Crippen LogP contribution in [0.4, 0.5) is 0 Å². The SMILES string of the molecule is CC(C)(C)[Si](C)(C)OC(c1ccc(Cl)s1)c1cc(C=O)sc1Cl. The Kier molecular flexibility index (Phi) is 5.81. The summed E-state index contributed by atoms with van der Waals surface area (Å²) in [5, 5.41) is 0.0717. The lowest BCUT2D eigenvalue weighted by molar-refractivity contribution is 0.112. The molecule has 7 heteroatoms. The Hall–Kier alpha value is -0.173. The van der Waals surface area contributed by atoms with E-state index in [1.165, 1.54) is 22.7 Å². The second-order valence-electron chi connectivity index (χ2n) is 6.90. The maximum atomic E-state index is 11.1. The van der Waals surface area contributed by atoms with Crippen molar-refractivity contribution in [3.63, 3.8) is 0 Å². The number of hydrogen-bond donors (Lipinski definition) is 0. The van der Waals surface area contributed by atoms with E-state index < -0.39 is 8.32 Å². The smallest absolute Gasteiger partial charge is 0.193 e. The predicted molar refractivity (Wildman–Crippen MR) is 104 cm³/mol. The summed E-state index contributed by atoms with van der Waals surface area (Å²) in [4.78, 5) is 12.7. The van der Waals surface area contributed by atoms with Crippen molar-refractivity contribution in [1.29, 1.82) is 0 Å². The number of carbonyl (C=O) groups is 1. The zero-order valence-electron chi connectivity index (χ0n) is 13.8. The lowest BCUT2D eigenvalue weighted by atomic mass is 10.1. The third-order valence-electron chi connectivity index (χ3n) is 4.20. The molecule has 1 atom stereocenters. The van der Waals surface area contributed by atoms with Gasteiger partial charge in [0.05, 0.1) is 13.5 Å². The standard InChI is InChI=1S/C16H20Cl2O2S2Si/c1-16(2,3)23(4,5)20-14(12-6-7-13(17)22-12)11-8-10(9-19)21-15(11)18/h6-9,14H,1-5H3. The third kappa shape index (κ3) is 4.27. The highest BCUT2D eigenvalue weighted by Gasteiger charge is 2.40. The summed E-state index contributed by atoms with van der Waals surface area (Å²) in [6.45, 7) is 11.0. The quantitative estimate of drug-likeness (QED) is 0.392. The molecule has 0 bridgehead atoms. The molecule has 2 heterocycles. The Labute approximate surface area is 156 Å². The van der Waals surface area contributed by atoms with E-state index >= 15 is 0 Å². The second-order valence-corrected chi connectivity index (χ2v) is 15.1. The van der Waals surface area contributed by atoms with Gasteiger partial charge in [0.2, 0.25) is 0 Å². The Morgan fingerprint density at radius 3 is 2.30 bits per heavy atom. The first kappa shape index (κ1) is 19.2. The molecule has 23 heavy (non-hydrogen) atoms. The van der Waals surface area contributed by atoms with Crippen molar-refractivity contribution in [2.45, 2.75) is 45.0 Å². The minimum absolute atomic E-state index is 0.0717. The normalized spacial score (nSPS) is 14.0. The topological polar surface area (TPSA) is 26.3 Å². The van der Waals surface area contributed by atoms with Gasteiger partial charge in [0.25, 0.3) is 0 Å². The van der Waals surface area contributed by atoms with Crippen LogP contribution in [-0.2, 0) is 4.43 Å². The number of hydrogen-bond acceptors (Lipinski definition) is 4. The number of thiophene rings is 2. The molecule has 0 amide bonds. The molecule has 0 radical (unpaired) electrons. The summed E-state index contributed by atoms with van der Waals surface area (Å²) in [7, 11) is -2.03. The van der Waals surface area contributed by atoms with E-state index in [-0.39, 0.29) is 11.1 Å². The Morgan fingerprint density at radius 2 is 1.87 bits per heavy atom. The lowest BCUT2D eigenvalue weighted by Gasteiger charge is -2.39. The molecule has 126 valence electrons. The first-order valence-electron chi connectivity index (χ1n) is 7.22. The molecule has 1 unspecified atom stereocenters. The number of carbonyl (C=O) groups excluding carboxylic acids is 1. The molecule has 0 aromatic carbocycles. The summed E-state index contributed by atoms with van der Waals surface area (Å²) in [6, 6.07) is 5.66. The second kappa shape index (κ2) is 6.98. The number of rotatable bonds is 5. The van der Waals surface area contributed by atoms with E-state index in [9.17, 15) is 4.79 Å². The van der Waals surface area contributed by atoms with Crippen LogP contribution in [0.3, 0.4) is 0 Å². The Morgan fingerprint density at radius 1 is 1.22 bits per heavy atom. The van der Waals surface area contributed by atoms with Crippen molar-refractivity contribution in [2.24, 2.45) is 0 Å². The van der Waals surface area contributed by atoms with Crippen molar-refractivity contribution in [2.75, 3.05) is 0 Å². The molecular weight excluding hydrogens is 387 g/mol. The van der Waals surface area contributed by atoms with E-state index in [0.717, 1.165) is 16.7 Å². The lowest BCUT2D eigenvalue weighted by Crippen LogP contribution is -2.41. The summed E-state index contributed by atoms with van der Waals surface area (Å²) in [6.07, 6.45) is 0.538. The largest absolute Gasteiger partial charge is 0.405 e. The molecule has 2 rings (SSSR count). The van der Waals surface area contributed by atoms with Crippen molar-refractivity contribution in [3.8, 4) is 0 Å². The number of halogens is 2. The summed E-state index contributed by atoms with van der Waals surface area (Å²) in [5.74, 6) is 0. The average molecular weight is 407 g/mol. The molecule has 0 aliphatic heterocycles. The molecule has 0 saturated heterocycles. The van der Waals surface area contributed by atoms with Gasteiger partial charge in [0.15, 0.2) is 14.6 Å². The van der Waals surface area contributed by atoms with Gasteiger partial charge in [-0.25, -0.2) is 0 Å². The van der Waals surface area contributed by atoms with Crippen molar-refractivity contribution in [3.05, 3.63) is 42.2 Å². The molecule has 0 saturated carbocycles. The summed E-state index contributed by atoms with van der Waals surface area (Å²) in [5.41, 5.74) is 0.849. The molecule has 2 aromatic heterocycles. The van der Waals surface area contributed by atoms with Crippen molar-refractivity contribution in [1.82, 2.24) is 0 Å². The van der Waals surface area contributed by atoms with E-state index in [0.29, 0.717) is 13.5 Å². The van der Waals surface area contributed by atoms with Gasteiger partial charge in [-0.15, -0.1) is 22.7 Å². The van der Waals surface area contributed by atoms with Crippen LogP contribution in [0.2, 0.25) is 26.8 Å². The molecule has 0 aliphatic rings. The fourth-order valence-corrected chi connectivity index (χ4v) is 5.39. The molecule has 2 nitrogen and oxygen atoms in total. The number of aldehydes is 1. The van der Waals surface area contributed by atoms with E-state index in [4.69, 9.17) is 27.6 Å². The van der Waals surface area contributed by atoms with Crippen LogP contribution in [0.25, 0.3) is 0 Å². The van der Waals surface area contributed by atoms with Gasteiger partial charge in [-0.05, 0) is 36.3 Å². The van der Waals surface area contributed by atoms with Crippen LogP contribution in [0.1, 0.15) is 47.0 Å². The first-order valence-corrected chi connectivity index (χ1v) is 12.5. The van der Waals surface area contributed by atoms with Gasteiger partial charge in [-0.2, -0.15) is 0 Å².